The summed E-state index contributed by atoms with van der Waals surface area (Å²) in [7, 11) is 0. The lowest BCUT2D eigenvalue weighted by Gasteiger charge is -2.29. The summed E-state index contributed by atoms with van der Waals surface area (Å²) >= 11 is 0. The van der Waals surface area contributed by atoms with Gasteiger partial charge < -0.3 is 15.4 Å². The molecule has 8 nitrogen and oxygen atoms in total. The Kier molecular flexibility index (Phi) is 5.38. The van der Waals surface area contributed by atoms with Crippen molar-refractivity contribution in [3.63, 3.8) is 0 Å². The standard InChI is InChI=1S/C22H18N4O4/c27-20(24-16-4-2-1-3-5-16)13-26-18-12-17(6-7-19(18)30-14-21(26)28)25-22(29)15-8-10-23-11-9-15/h1-12H,13-14H2,(H,24,27)(H,25,29). The second-order valence-corrected chi connectivity index (χ2v) is 6.56. The number of pyridine rings is 1. The number of rotatable bonds is 5. The number of fused-ring (bicyclic) bond motifs is 1. The molecule has 8 heteroatoms. The summed E-state index contributed by atoms with van der Waals surface area (Å²) in [5.74, 6) is -0.533. The molecule has 3 amide bonds. The van der Waals surface area contributed by atoms with E-state index in [-0.39, 0.29) is 30.9 Å². The SMILES string of the molecule is O=C(CN1C(=O)COc2ccc(NC(=O)c3ccncc3)cc21)Nc1ccccc1. The van der Waals surface area contributed by atoms with E-state index in [9.17, 15) is 14.4 Å². The first-order valence-corrected chi connectivity index (χ1v) is 9.23. The van der Waals surface area contributed by atoms with E-state index in [1.165, 1.54) is 17.3 Å². The van der Waals surface area contributed by atoms with Gasteiger partial charge in [0.1, 0.15) is 12.3 Å². The average Bonchev–Trinajstić information content (AvgIpc) is 2.77. The fraction of sp³-hybridized carbons (Fsp3) is 0.0909. The number of nitrogens with zero attached hydrogens (tertiary/aromatic N) is 2. The first kappa shape index (κ1) is 19.1. The zero-order valence-corrected chi connectivity index (χ0v) is 15.9. The molecule has 150 valence electrons. The van der Waals surface area contributed by atoms with Crippen LogP contribution in [0.25, 0.3) is 0 Å². The Hall–Kier alpha value is -4.20. The molecule has 0 saturated carbocycles. The number of hydrogen-bond acceptors (Lipinski definition) is 5. The highest BCUT2D eigenvalue weighted by atomic mass is 16.5. The van der Waals surface area contributed by atoms with Crippen LogP contribution in [0.5, 0.6) is 5.75 Å². The number of nitrogens with one attached hydrogen (secondary N) is 2. The molecular weight excluding hydrogens is 384 g/mol. The van der Waals surface area contributed by atoms with Crippen LogP contribution in [0.3, 0.4) is 0 Å². The van der Waals surface area contributed by atoms with Crippen LogP contribution in [0.1, 0.15) is 10.4 Å². The molecular formula is C22H18N4O4. The third-order valence-electron chi connectivity index (χ3n) is 4.46. The summed E-state index contributed by atoms with van der Waals surface area (Å²) in [6.07, 6.45) is 3.06. The van der Waals surface area contributed by atoms with Crippen molar-refractivity contribution in [1.82, 2.24) is 4.98 Å². The lowest BCUT2D eigenvalue weighted by atomic mass is 10.2. The van der Waals surface area contributed by atoms with Gasteiger partial charge in [-0.2, -0.15) is 0 Å². The third kappa shape index (κ3) is 4.27. The number of hydrogen-bond donors (Lipinski definition) is 2. The molecule has 0 saturated heterocycles. The molecule has 0 unspecified atom stereocenters. The number of aromatic nitrogens is 1. The molecule has 0 spiro atoms. The van der Waals surface area contributed by atoms with Crippen molar-refractivity contribution >= 4 is 34.8 Å². The maximum absolute atomic E-state index is 12.5. The largest absolute Gasteiger partial charge is 0.482 e. The van der Waals surface area contributed by atoms with E-state index < -0.39 is 0 Å². The van der Waals surface area contributed by atoms with Crippen molar-refractivity contribution in [3.05, 3.63) is 78.6 Å². The van der Waals surface area contributed by atoms with Crippen molar-refractivity contribution in [3.8, 4) is 5.75 Å². The van der Waals surface area contributed by atoms with E-state index in [0.29, 0.717) is 28.4 Å². The normalized spacial score (nSPS) is 12.5. The van der Waals surface area contributed by atoms with Crippen LogP contribution in [0.15, 0.2) is 73.1 Å². The van der Waals surface area contributed by atoms with Crippen molar-refractivity contribution in [1.29, 1.82) is 0 Å². The molecule has 2 aromatic carbocycles. The van der Waals surface area contributed by atoms with Crippen LogP contribution in [0, 0.1) is 0 Å². The van der Waals surface area contributed by atoms with Gasteiger partial charge in [-0.25, -0.2) is 0 Å². The summed E-state index contributed by atoms with van der Waals surface area (Å²) in [6, 6.07) is 17.1. The second kappa shape index (κ2) is 8.44. The minimum absolute atomic E-state index is 0.158. The van der Waals surface area contributed by atoms with Crippen molar-refractivity contribution in [2.75, 3.05) is 28.7 Å². The summed E-state index contributed by atoms with van der Waals surface area (Å²) < 4.78 is 5.47. The van der Waals surface area contributed by atoms with Crippen LogP contribution in [-0.2, 0) is 9.59 Å². The predicted octanol–water partition coefficient (Wildman–Crippen LogP) is 2.70. The van der Waals surface area contributed by atoms with E-state index in [0.717, 1.165) is 0 Å². The molecule has 0 radical (unpaired) electrons. The molecule has 2 N–H and O–H groups in total. The Morgan fingerprint density at radius 2 is 1.73 bits per heavy atom. The summed E-state index contributed by atoms with van der Waals surface area (Å²) in [5.41, 5.74) is 1.99. The van der Waals surface area contributed by atoms with Crippen LogP contribution < -0.4 is 20.3 Å². The van der Waals surface area contributed by atoms with E-state index in [1.807, 2.05) is 18.2 Å². The Morgan fingerprint density at radius 3 is 2.50 bits per heavy atom. The number of carbonyl (C=O) groups excluding carboxylic acids is 3. The first-order valence-electron chi connectivity index (χ1n) is 9.23. The molecule has 1 aliphatic heterocycles. The minimum Gasteiger partial charge on any atom is -0.482 e. The maximum atomic E-state index is 12.5. The zero-order chi connectivity index (χ0) is 20.9. The maximum Gasteiger partial charge on any atom is 0.265 e. The molecule has 0 atom stereocenters. The quantitative estimate of drug-likeness (QED) is 0.683. The Labute approximate surface area is 172 Å². The van der Waals surface area contributed by atoms with E-state index in [4.69, 9.17) is 4.74 Å². The molecule has 4 rings (SSSR count). The highest BCUT2D eigenvalue weighted by Crippen LogP contribution is 2.34. The smallest absolute Gasteiger partial charge is 0.265 e. The number of amides is 3. The van der Waals surface area contributed by atoms with Crippen molar-refractivity contribution in [2.24, 2.45) is 0 Å². The number of benzene rings is 2. The molecule has 0 aliphatic carbocycles. The highest BCUT2D eigenvalue weighted by molar-refractivity contribution is 6.07. The lowest BCUT2D eigenvalue weighted by Crippen LogP contribution is -2.43. The predicted molar refractivity (Wildman–Crippen MR) is 112 cm³/mol. The van der Waals surface area contributed by atoms with Gasteiger partial charge in [-0.05, 0) is 42.5 Å². The fourth-order valence-corrected chi connectivity index (χ4v) is 3.03. The number of anilines is 3. The number of carbonyl (C=O) groups is 3. The fourth-order valence-electron chi connectivity index (χ4n) is 3.03. The van der Waals surface area contributed by atoms with Crippen LogP contribution in [0.4, 0.5) is 17.1 Å². The number of para-hydroxylation sites is 1. The summed E-state index contributed by atoms with van der Waals surface area (Å²) in [6.45, 7) is -0.333. The summed E-state index contributed by atoms with van der Waals surface area (Å²) in [4.78, 5) is 42.5. The molecule has 0 bridgehead atoms. The number of ether oxygens (including phenoxy) is 1. The van der Waals surface area contributed by atoms with Crippen molar-refractivity contribution < 1.29 is 19.1 Å². The third-order valence-corrected chi connectivity index (χ3v) is 4.46. The van der Waals surface area contributed by atoms with Gasteiger partial charge in [0.05, 0.1) is 5.69 Å². The van der Waals surface area contributed by atoms with Gasteiger partial charge in [0.15, 0.2) is 6.61 Å². The second-order valence-electron chi connectivity index (χ2n) is 6.56. The molecule has 2 heterocycles. The monoisotopic (exact) mass is 402 g/mol. The van der Waals surface area contributed by atoms with Crippen LogP contribution in [0.2, 0.25) is 0 Å². The zero-order valence-electron chi connectivity index (χ0n) is 15.9. The molecule has 3 aromatic rings. The van der Waals surface area contributed by atoms with E-state index in [2.05, 4.69) is 15.6 Å². The molecule has 1 aliphatic rings. The van der Waals surface area contributed by atoms with Gasteiger partial charge in [-0.3, -0.25) is 24.3 Å². The lowest BCUT2D eigenvalue weighted by molar-refractivity contribution is -0.123. The first-order chi connectivity index (χ1) is 14.6. The van der Waals surface area contributed by atoms with E-state index in [1.54, 1.807) is 42.5 Å². The van der Waals surface area contributed by atoms with Crippen LogP contribution in [-0.4, -0.2) is 35.9 Å². The molecule has 30 heavy (non-hydrogen) atoms. The van der Waals surface area contributed by atoms with Gasteiger partial charge in [-0.1, -0.05) is 18.2 Å². The Balaban J connectivity index is 1.53. The van der Waals surface area contributed by atoms with E-state index >= 15 is 0 Å². The average molecular weight is 402 g/mol. The molecule has 1 aromatic heterocycles. The van der Waals surface area contributed by atoms with Gasteiger partial charge in [0.25, 0.3) is 11.8 Å². The molecule has 0 fully saturated rings. The Morgan fingerprint density at radius 1 is 0.967 bits per heavy atom. The minimum atomic E-state index is -0.344. The van der Waals surface area contributed by atoms with Gasteiger partial charge in [-0.15, -0.1) is 0 Å². The van der Waals surface area contributed by atoms with Gasteiger partial charge in [0, 0.05) is 29.3 Å². The topological polar surface area (TPSA) is 101 Å². The summed E-state index contributed by atoms with van der Waals surface area (Å²) in [5, 5.41) is 5.54. The van der Waals surface area contributed by atoms with Gasteiger partial charge >= 0.3 is 0 Å². The van der Waals surface area contributed by atoms with Crippen molar-refractivity contribution in [2.45, 2.75) is 0 Å². The van der Waals surface area contributed by atoms with Gasteiger partial charge in [0.2, 0.25) is 5.91 Å². The van der Waals surface area contributed by atoms with Crippen LogP contribution >= 0.6 is 0 Å². The highest BCUT2D eigenvalue weighted by Gasteiger charge is 2.28. The Bertz CT molecular complexity index is 1090.